The summed E-state index contributed by atoms with van der Waals surface area (Å²) in [7, 11) is 0. The molecule has 3 aromatic rings. The van der Waals surface area contributed by atoms with Gasteiger partial charge in [-0.1, -0.05) is 6.92 Å². The molecule has 1 aromatic carbocycles. The normalized spacial score (nSPS) is 21.1. The molecule has 0 atom stereocenters. The number of nitrogens with one attached hydrogen (secondary N) is 2. The molecule has 178 valence electrons. The lowest BCUT2D eigenvalue weighted by Crippen LogP contribution is -2.48. The summed E-state index contributed by atoms with van der Waals surface area (Å²) in [5.41, 5.74) is 7.72. The molecule has 0 bridgehead atoms. The Morgan fingerprint density at radius 1 is 1.35 bits per heavy atom. The Morgan fingerprint density at radius 3 is 2.91 bits per heavy atom. The van der Waals surface area contributed by atoms with Crippen molar-refractivity contribution in [2.24, 2.45) is 0 Å². The number of nitrogens with two attached hydrogens (primary N) is 1. The Hall–Kier alpha value is -3.66. The van der Waals surface area contributed by atoms with Crippen LogP contribution in [0.25, 0.3) is 21.9 Å². The van der Waals surface area contributed by atoms with Gasteiger partial charge in [0.25, 0.3) is 0 Å². The number of aliphatic hydroxyl groups is 1. The smallest absolute Gasteiger partial charge is 0.413 e. The lowest BCUT2D eigenvalue weighted by atomic mass is 9.76. The summed E-state index contributed by atoms with van der Waals surface area (Å²) < 4.78 is 26.2. The van der Waals surface area contributed by atoms with Crippen molar-refractivity contribution in [1.29, 1.82) is 0 Å². The number of rotatable bonds is 4. The highest BCUT2D eigenvalue weighted by Crippen LogP contribution is 2.40. The van der Waals surface area contributed by atoms with E-state index in [1.165, 1.54) is 6.20 Å². The van der Waals surface area contributed by atoms with E-state index in [1.807, 2.05) is 13.8 Å². The van der Waals surface area contributed by atoms with Crippen LogP contribution >= 0.6 is 0 Å². The number of halogens is 1. The fourth-order valence-corrected chi connectivity index (χ4v) is 4.50. The topological polar surface area (TPSA) is 132 Å². The number of ether oxygens (including phenoxy) is 2. The fraction of sp³-hybridized carbons (Fsp3) is 0.375. The van der Waals surface area contributed by atoms with E-state index in [9.17, 15) is 9.90 Å². The number of carbonyl (C=O) groups is 1. The highest BCUT2D eigenvalue weighted by atomic mass is 19.1. The van der Waals surface area contributed by atoms with Gasteiger partial charge in [0.15, 0.2) is 5.82 Å². The van der Waals surface area contributed by atoms with Crippen molar-refractivity contribution >= 4 is 34.1 Å². The van der Waals surface area contributed by atoms with Gasteiger partial charge in [-0.15, -0.1) is 0 Å². The van der Waals surface area contributed by atoms with Crippen molar-refractivity contribution < 1.29 is 23.8 Å². The first-order valence-corrected chi connectivity index (χ1v) is 11.2. The zero-order valence-electron chi connectivity index (χ0n) is 18.9. The summed E-state index contributed by atoms with van der Waals surface area (Å²) in [6, 6.07) is 3.27. The summed E-state index contributed by atoms with van der Waals surface area (Å²) >= 11 is 0. The number of pyridine rings is 2. The predicted molar refractivity (Wildman–Crippen MR) is 126 cm³/mol. The Labute approximate surface area is 195 Å². The average molecular weight is 468 g/mol. The number of nitrogens with zero attached hydrogens (tertiary/aromatic N) is 2. The van der Waals surface area contributed by atoms with E-state index in [2.05, 4.69) is 20.6 Å². The van der Waals surface area contributed by atoms with Crippen molar-refractivity contribution in [2.45, 2.75) is 44.8 Å². The van der Waals surface area contributed by atoms with Gasteiger partial charge in [0.2, 0.25) is 5.88 Å². The van der Waals surface area contributed by atoms with E-state index >= 15 is 4.39 Å². The Bertz CT molecular complexity index is 1290. The maximum Gasteiger partial charge on any atom is 0.413 e. The van der Waals surface area contributed by atoms with Crippen LogP contribution in [0.15, 0.2) is 24.5 Å². The predicted octanol–water partition coefficient (Wildman–Crippen LogP) is 3.98. The molecule has 0 radical (unpaired) electrons. The van der Waals surface area contributed by atoms with Crippen LogP contribution in [-0.4, -0.2) is 46.0 Å². The first-order valence-electron chi connectivity index (χ1n) is 11.2. The molecule has 1 amide bonds. The molecule has 34 heavy (non-hydrogen) atoms. The van der Waals surface area contributed by atoms with Crippen LogP contribution in [0.3, 0.4) is 0 Å². The molecule has 10 heteroatoms. The van der Waals surface area contributed by atoms with E-state index in [4.69, 9.17) is 15.2 Å². The van der Waals surface area contributed by atoms with Crippen LogP contribution in [0.4, 0.5) is 26.4 Å². The molecule has 5 N–H and O–H groups in total. The SMILES string of the molecule is CC[C@]1(O)C[C@@H](OC(=O)Nc2cc3cc(-c4cnc5c(c4C)NCCO5)c(F)c(N)c3cn2)C1. The van der Waals surface area contributed by atoms with Gasteiger partial charge >= 0.3 is 6.09 Å². The average Bonchev–Trinajstić information content (AvgIpc) is 2.81. The zero-order valence-corrected chi connectivity index (χ0v) is 18.9. The Morgan fingerprint density at radius 2 is 2.15 bits per heavy atom. The van der Waals surface area contributed by atoms with Crippen LogP contribution < -0.4 is 21.1 Å². The molecule has 2 aliphatic rings. The van der Waals surface area contributed by atoms with Gasteiger partial charge in [0.05, 0.1) is 11.3 Å². The number of nitrogen functional groups attached to an aromatic ring is 1. The van der Waals surface area contributed by atoms with Crippen LogP contribution in [0.5, 0.6) is 5.88 Å². The van der Waals surface area contributed by atoms with Crippen molar-refractivity contribution in [3.05, 3.63) is 35.9 Å². The number of hydrogen-bond acceptors (Lipinski definition) is 8. The summed E-state index contributed by atoms with van der Waals surface area (Å²) in [4.78, 5) is 20.8. The number of aromatic nitrogens is 2. The van der Waals surface area contributed by atoms with Gasteiger partial charge in [-0.3, -0.25) is 5.32 Å². The first-order chi connectivity index (χ1) is 16.3. The third kappa shape index (κ3) is 3.83. The van der Waals surface area contributed by atoms with Crippen LogP contribution in [-0.2, 0) is 4.74 Å². The third-order valence-corrected chi connectivity index (χ3v) is 6.61. The molecule has 9 nitrogen and oxygen atoms in total. The van der Waals surface area contributed by atoms with Gasteiger partial charge in [0.1, 0.15) is 24.2 Å². The molecule has 5 rings (SSSR count). The van der Waals surface area contributed by atoms with E-state index < -0.39 is 17.5 Å². The molecular weight excluding hydrogens is 441 g/mol. The maximum absolute atomic E-state index is 15.3. The second kappa shape index (κ2) is 8.28. The molecule has 0 spiro atoms. The monoisotopic (exact) mass is 467 g/mol. The van der Waals surface area contributed by atoms with Gasteiger partial charge in [-0.2, -0.15) is 0 Å². The molecule has 2 aromatic heterocycles. The Kier molecular flexibility index (Phi) is 5.40. The quantitative estimate of drug-likeness (QED) is 0.424. The van der Waals surface area contributed by atoms with Crippen molar-refractivity contribution in [3.63, 3.8) is 0 Å². The largest absolute Gasteiger partial charge is 0.474 e. The molecule has 1 aliphatic carbocycles. The fourth-order valence-electron chi connectivity index (χ4n) is 4.50. The number of anilines is 3. The lowest BCUT2D eigenvalue weighted by molar-refractivity contribution is -0.115. The summed E-state index contributed by atoms with van der Waals surface area (Å²) in [5.74, 6) is 0.166. The molecule has 0 unspecified atom stereocenters. The zero-order chi connectivity index (χ0) is 24.0. The second-order valence-corrected chi connectivity index (χ2v) is 8.83. The van der Waals surface area contributed by atoms with E-state index in [1.54, 1.807) is 18.3 Å². The van der Waals surface area contributed by atoms with E-state index in [-0.39, 0.29) is 17.6 Å². The van der Waals surface area contributed by atoms with Gasteiger partial charge in [-0.05, 0) is 36.4 Å². The maximum atomic E-state index is 15.3. The van der Waals surface area contributed by atoms with E-state index in [0.29, 0.717) is 60.2 Å². The number of fused-ring (bicyclic) bond motifs is 2. The van der Waals surface area contributed by atoms with Gasteiger partial charge in [0, 0.05) is 48.3 Å². The van der Waals surface area contributed by atoms with Crippen molar-refractivity contribution in [2.75, 3.05) is 29.5 Å². The van der Waals surface area contributed by atoms with E-state index in [0.717, 1.165) is 11.3 Å². The number of hydrogen-bond donors (Lipinski definition) is 4. The highest BCUT2D eigenvalue weighted by molar-refractivity contribution is 5.99. The lowest BCUT2D eigenvalue weighted by Gasteiger charge is -2.42. The van der Waals surface area contributed by atoms with Crippen molar-refractivity contribution in [3.8, 4) is 17.0 Å². The summed E-state index contributed by atoms with van der Waals surface area (Å²) in [6.07, 6.45) is 3.43. The van der Waals surface area contributed by atoms with Gasteiger partial charge in [-0.25, -0.2) is 19.2 Å². The third-order valence-electron chi connectivity index (χ3n) is 6.61. The first kappa shape index (κ1) is 22.1. The molecule has 0 saturated heterocycles. The minimum atomic E-state index is -0.754. The molecular formula is C24H26FN5O4. The molecule has 1 aliphatic heterocycles. The summed E-state index contributed by atoms with van der Waals surface area (Å²) in [5, 5.41) is 17.0. The minimum Gasteiger partial charge on any atom is -0.474 e. The minimum absolute atomic E-state index is 0.0382. The molecule has 1 fully saturated rings. The standard InChI is InChI=1S/C24H26FN5O4/c1-3-24(32)8-14(9-24)34-23(31)30-18-7-13-6-15(19(25)20(26)17(13)11-28-18)16-10-29-22-21(12(16)2)27-4-5-33-22/h6-7,10-11,14,27,32H,3-5,8-9,26H2,1-2H3,(H,28,30,31)/t14-,24+. The van der Waals surface area contributed by atoms with Crippen LogP contribution in [0.2, 0.25) is 0 Å². The highest BCUT2D eigenvalue weighted by Gasteiger charge is 2.43. The number of carbonyl (C=O) groups excluding carboxylic acids is 1. The van der Waals surface area contributed by atoms with Crippen LogP contribution in [0.1, 0.15) is 31.7 Å². The van der Waals surface area contributed by atoms with Crippen molar-refractivity contribution in [1.82, 2.24) is 9.97 Å². The van der Waals surface area contributed by atoms with Gasteiger partial charge < -0.3 is 25.6 Å². The Balaban J connectivity index is 1.43. The van der Waals surface area contributed by atoms with Crippen LogP contribution in [0, 0.1) is 12.7 Å². The number of amides is 1. The molecule has 3 heterocycles. The second-order valence-electron chi connectivity index (χ2n) is 8.83. The number of benzene rings is 1. The molecule has 1 saturated carbocycles. The summed E-state index contributed by atoms with van der Waals surface area (Å²) in [6.45, 7) is 4.91.